The predicted molar refractivity (Wildman–Crippen MR) is 121 cm³/mol. The third kappa shape index (κ3) is 5.28. The number of nitrogens with one attached hydrogen (secondary N) is 1. The van der Waals surface area contributed by atoms with Crippen LogP contribution in [0.5, 0.6) is 0 Å². The maximum atomic E-state index is 14.9. The van der Waals surface area contributed by atoms with E-state index in [1.165, 1.54) is 0 Å². The summed E-state index contributed by atoms with van der Waals surface area (Å²) in [6.07, 6.45) is -0.405. The van der Waals surface area contributed by atoms with Gasteiger partial charge < -0.3 is 9.11 Å². The van der Waals surface area contributed by atoms with Gasteiger partial charge in [-0.3, -0.25) is 4.99 Å². The molecule has 5 rings (SSSR count). The summed E-state index contributed by atoms with van der Waals surface area (Å²) >= 11 is -4.51. The Morgan fingerprint density at radius 2 is 0.909 bits per heavy atom. The second kappa shape index (κ2) is 12.5. The van der Waals surface area contributed by atoms with Gasteiger partial charge in [0, 0.05) is 6.54 Å². The van der Waals surface area contributed by atoms with Crippen molar-refractivity contribution in [3.8, 4) is 0 Å². The van der Waals surface area contributed by atoms with E-state index in [1.807, 2.05) is 0 Å². The van der Waals surface area contributed by atoms with Crippen LogP contribution in [0.15, 0.2) is 4.99 Å². The van der Waals surface area contributed by atoms with Crippen LogP contribution in [0.25, 0.3) is 0 Å². The van der Waals surface area contributed by atoms with Gasteiger partial charge in [0.05, 0.1) is 24.0 Å². The summed E-state index contributed by atoms with van der Waals surface area (Å²) in [7, 11) is 0. The van der Waals surface area contributed by atoms with Crippen LogP contribution < -0.4 is 9.74 Å². The molecule has 1 fully saturated rings. The van der Waals surface area contributed by atoms with E-state index in [9.17, 15) is 65.9 Å². The van der Waals surface area contributed by atoms with Crippen molar-refractivity contribution in [2.24, 2.45) is 4.99 Å². The largest absolute Gasteiger partial charge is 0.509 e. The zero-order valence-electron chi connectivity index (χ0n) is 21.2. The van der Waals surface area contributed by atoms with Gasteiger partial charge in [-0.15, -0.1) is 0 Å². The molecule has 1 N–H and O–H groups in total. The third-order valence-electron chi connectivity index (χ3n) is 6.70. The number of benzene rings is 3. The molecule has 0 atom stereocenters. The maximum absolute atomic E-state index is 14.9. The minimum absolute atomic E-state index is 0.745. The minimum Gasteiger partial charge on any atom is -0.485 e. The molecule has 3 nitrogen and oxygen atoms in total. The Morgan fingerprint density at radius 3 is 1.23 bits per heavy atom. The number of aliphatic imine (C=N–C) groups is 1. The van der Waals surface area contributed by atoms with Crippen LogP contribution in [0.1, 0.15) is 24.0 Å². The summed E-state index contributed by atoms with van der Waals surface area (Å²) in [5.41, 5.74) is -8.52. The highest BCUT2D eigenvalue weighted by atomic mass is 27.2. The topological polar surface area (TPSA) is 33.6 Å². The smallest absolute Gasteiger partial charge is 0.485 e. The van der Waals surface area contributed by atoms with Crippen LogP contribution in [-0.2, 0) is 9.39 Å². The van der Waals surface area contributed by atoms with E-state index >= 15 is 0 Å². The number of rotatable bonds is 3. The second-order valence-corrected chi connectivity index (χ2v) is 11.6. The van der Waals surface area contributed by atoms with Gasteiger partial charge in [-0.1, -0.05) is 11.7 Å². The van der Waals surface area contributed by atoms with Gasteiger partial charge in [-0.05, 0) is 10.8 Å². The Balaban J connectivity index is 0.000000802. The molecule has 236 valence electrons. The first-order valence-corrected chi connectivity index (χ1v) is 13.9. The Bertz CT molecular complexity index is 1520. The fourth-order valence-electron chi connectivity index (χ4n) is 4.74. The zero-order chi connectivity index (χ0) is 32.8. The first-order valence-electron chi connectivity index (χ1n) is 12.0. The van der Waals surface area contributed by atoms with Crippen molar-refractivity contribution in [1.82, 2.24) is 5.32 Å². The highest BCUT2D eigenvalue weighted by Gasteiger charge is 2.54. The Morgan fingerprint density at radius 1 is 0.545 bits per heavy atom. The molecule has 3 aromatic carbocycles. The summed E-state index contributed by atoms with van der Waals surface area (Å²) in [5, 5.41) is 2.19. The summed E-state index contributed by atoms with van der Waals surface area (Å²) < 4.78 is 217. The lowest BCUT2D eigenvalue weighted by Gasteiger charge is -2.42. The molecule has 0 radical (unpaired) electrons. The van der Waals surface area contributed by atoms with Crippen molar-refractivity contribution in [3.05, 3.63) is 98.4 Å². The van der Waals surface area contributed by atoms with Crippen molar-refractivity contribution in [3.63, 3.8) is 0 Å². The van der Waals surface area contributed by atoms with E-state index in [0.29, 0.717) is 0 Å². The van der Waals surface area contributed by atoms with Crippen LogP contribution in [0, 0.1) is 87.3 Å². The van der Waals surface area contributed by atoms with E-state index in [2.05, 4.69) is 10.3 Å². The highest BCUT2D eigenvalue weighted by molar-refractivity contribution is 6.67. The van der Waals surface area contributed by atoms with Gasteiger partial charge in [-0.2, -0.15) is 0 Å². The normalized spacial score (nSPS) is 15.8. The molecule has 0 amide bonds. The van der Waals surface area contributed by atoms with Gasteiger partial charge in [0.2, 0.25) is 11.6 Å². The van der Waals surface area contributed by atoms with Crippen molar-refractivity contribution in [1.29, 1.82) is 0 Å². The summed E-state index contributed by atoms with van der Waals surface area (Å²) in [4.78, 5) is 3.85. The molecule has 0 unspecified atom stereocenters. The number of nitrogens with zero attached hydrogens (tertiary/aromatic N) is 1. The lowest BCUT2D eigenvalue weighted by molar-refractivity contribution is 0.0629. The molecule has 2 heterocycles. The van der Waals surface area contributed by atoms with E-state index in [1.54, 1.807) is 6.34 Å². The molecular formula is C25H12AlF15N2O. The second-order valence-electron chi connectivity index (χ2n) is 9.19. The Hall–Kier alpha value is -3.43. The molecular weight excluding hydrogens is 656 g/mol. The van der Waals surface area contributed by atoms with Gasteiger partial charge in [0.15, 0.2) is 75.6 Å². The maximum Gasteiger partial charge on any atom is 0.509 e. The average Bonchev–Trinajstić information content (AvgIpc) is 3.60. The summed E-state index contributed by atoms with van der Waals surface area (Å²) in [6.45, 7) is 1.99. The lowest BCUT2D eigenvalue weighted by Crippen LogP contribution is -2.51. The minimum atomic E-state index is -4.51. The number of hydrogen-bond acceptors (Lipinski definition) is 3. The van der Waals surface area contributed by atoms with E-state index in [0.717, 1.165) is 13.1 Å². The molecule has 0 bridgehead atoms. The average molecular weight is 668 g/mol. The first-order chi connectivity index (χ1) is 20.6. The molecule has 0 spiro atoms. The molecule has 0 saturated carbocycles. The standard InChI is InChI=1S/C16H6F10O.C6F5.C3H6N2.Al/c1-2-3-16(27,4-6(17)10(21)14(25)11(22)7(4)18)5-8(19)12(23)15(26)13(24)9(5)20;7-2-1-3(8)5(10)6(11)4(2)9;1-2-5-3-4-1;/h1-3H2;;3H,1-2H2,(H,4,5);/q-1;;;+1. The van der Waals surface area contributed by atoms with Crippen LogP contribution in [0.3, 0.4) is 0 Å². The predicted octanol–water partition coefficient (Wildman–Crippen LogP) is 6.34. The molecule has 19 heteroatoms. The van der Waals surface area contributed by atoms with Crippen molar-refractivity contribution in [2.45, 2.75) is 23.7 Å². The molecule has 1 saturated heterocycles. The number of hydrogen-bond donors (Lipinski definition) is 1. The SMILES string of the molecule is C1=NCCN1.Fc1c(F)c(F)[c]([Al]2[CH2]CCC(c3c(F)c(F)c(F)c(F)c3F)(c3c(F)c(F)c(F)c(F)c3F)[O]2)c(F)c1F. The highest BCUT2D eigenvalue weighted by Crippen LogP contribution is 2.49. The molecule has 3 aromatic rings. The van der Waals surface area contributed by atoms with E-state index in [4.69, 9.17) is 3.79 Å². The van der Waals surface area contributed by atoms with E-state index < -0.39 is 141 Å². The molecule has 0 aliphatic carbocycles. The van der Waals surface area contributed by atoms with Crippen molar-refractivity contribution < 1.29 is 69.6 Å². The quantitative estimate of drug-likeness (QED) is 0.153. The van der Waals surface area contributed by atoms with Crippen LogP contribution in [0.2, 0.25) is 5.28 Å². The van der Waals surface area contributed by atoms with Gasteiger partial charge in [-0.25, -0.2) is 65.9 Å². The van der Waals surface area contributed by atoms with Gasteiger partial charge in [0.25, 0.3) is 0 Å². The van der Waals surface area contributed by atoms with E-state index in [-0.39, 0.29) is 0 Å². The summed E-state index contributed by atoms with van der Waals surface area (Å²) in [5.74, 6) is -41.1. The molecule has 2 aliphatic heterocycles. The molecule has 2 aliphatic rings. The molecule has 0 aromatic heterocycles. The fourth-order valence-corrected chi connectivity index (χ4v) is 7.50. The Labute approximate surface area is 240 Å². The monoisotopic (exact) mass is 668 g/mol. The van der Waals surface area contributed by atoms with Crippen molar-refractivity contribution >= 4 is 25.2 Å². The molecule has 44 heavy (non-hydrogen) atoms. The van der Waals surface area contributed by atoms with Gasteiger partial charge in [0.1, 0.15) is 5.60 Å². The third-order valence-corrected chi connectivity index (χ3v) is 9.47. The Kier molecular flexibility index (Phi) is 9.52. The summed E-state index contributed by atoms with van der Waals surface area (Å²) in [6, 6.07) is 0. The fraction of sp³-hybridized carbons (Fsp3) is 0.240. The zero-order valence-corrected chi connectivity index (χ0v) is 22.4. The number of halogens is 15. The van der Waals surface area contributed by atoms with Gasteiger partial charge >= 0.3 is 14.5 Å². The van der Waals surface area contributed by atoms with Crippen LogP contribution >= 0.6 is 0 Å². The van der Waals surface area contributed by atoms with Crippen LogP contribution in [0.4, 0.5) is 65.9 Å². The first kappa shape index (κ1) is 33.5. The van der Waals surface area contributed by atoms with Crippen LogP contribution in [-0.4, -0.2) is 33.9 Å². The lowest BCUT2D eigenvalue weighted by atomic mass is 9.80. The van der Waals surface area contributed by atoms with Crippen molar-refractivity contribution in [2.75, 3.05) is 13.1 Å².